The lowest BCUT2D eigenvalue weighted by molar-refractivity contribution is 0.314. The van der Waals surface area contributed by atoms with Crippen molar-refractivity contribution < 1.29 is 4.74 Å². The summed E-state index contributed by atoms with van der Waals surface area (Å²) in [7, 11) is 0. The van der Waals surface area contributed by atoms with E-state index in [-0.39, 0.29) is 5.57 Å². The van der Waals surface area contributed by atoms with E-state index in [1.165, 1.54) is 37.7 Å². The monoisotopic (exact) mass is 413 g/mol. The lowest BCUT2D eigenvalue weighted by atomic mass is 9.84. The molecule has 0 unspecified atom stereocenters. The van der Waals surface area contributed by atoms with E-state index in [9.17, 15) is 0 Å². The van der Waals surface area contributed by atoms with E-state index in [2.05, 4.69) is 42.2 Å². The molecule has 0 aliphatic heterocycles. The quantitative estimate of drug-likeness (QED) is 0.471. The molecular weight excluding hydrogens is 382 g/mol. The van der Waals surface area contributed by atoms with E-state index >= 15 is 0 Å². The Kier molecular flexibility index (Phi) is 8.13. The lowest BCUT2D eigenvalue weighted by Crippen LogP contribution is -2.28. The van der Waals surface area contributed by atoms with Crippen LogP contribution in [-0.2, 0) is 0 Å². The maximum atomic E-state index is 8.99. The summed E-state index contributed by atoms with van der Waals surface area (Å²) in [6.07, 6.45) is 8.16. The van der Waals surface area contributed by atoms with Gasteiger partial charge in [0.2, 0.25) is 0 Å². The number of benzene rings is 2. The molecule has 1 aliphatic rings. The minimum absolute atomic E-state index is 0.119. The van der Waals surface area contributed by atoms with Gasteiger partial charge in [-0.1, -0.05) is 43.5 Å². The van der Waals surface area contributed by atoms with Crippen LogP contribution in [0.4, 0.5) is 5.69 Å². The van der Waals surface area contributed by atoms with Gasteiger partial charge in [0.05, 0.1) is 6.54 Å². The highest BCUT2D eigenvalue weighted by Crippen LogP contribution is 2.37. The normalized spacial score (nSPS) is 13.7. The maximum Gasteiger partial charge on any atom is 0.130 e. The van der Waals surface area contributed by atoms with Crippen LogP contribution in [0.25, 0.3) is 6.08 Å². The van der Waals surface area contributed by atoms with E-state index < -0.39 is 0 Å². The van der Waals surface area contributed by atoms with Gasteiger partial charge in [0.25, 0.3) is 0 Å². The Balaban J connectivity index is 1.65. The molecule has 0 atom stereocenters. The molecule has 1 aliphatic carbocycles. The Morgan fingerprint density at radius 2 is 1.84 bits per heavy atom. The second kappa shape index (κ2) is 11.2. The first-order valence-corrected chi connectivity index (χ1v) is 11.3. The average Bonchev–Trinajstić information content (AvgIpc) is 2.82. The summed E-state index contributed by atoms with van der Waals surface area (Å²) in [6.45, 7) is 6.45. The van der Waals surface area contributed by atoms with Crippen molar-refractivity contribution in [1.82, 2.24) is 0 Å². The Morgan fingerprint density at radius 3 is 2.52 bits per heavy atom. The molecule has 0 amide bonds. The predicted molar refractivity (Wildman–Crippen MR) is 126 cm³/mol. The van der Waals surface area contributed by atoms with Gasteiger partial charge >= 0.3 is 0 Å². The van der Waals surface area contributed by atoms with Gasteiger partial charge < -0.3 is 9.64 Å². The van der Waals surface area contributed by atoms with Crippen molar-refractivity contribution >= 4 is 11.8 Å². The van der Waals surface area contributed by atoms with Crippen molar-refractivity contribution in [2.24, 2.45) is 0 Å². The van der Waals surface area contributed by atoms with Gasteiger partial charge in [-0.25, -0.2) is 0 Å². The Morgan fingerprint density at radius 1 is 1.10 bits per heavy atom. The van der Waals surface area contributed by atoms with Crippen molar-refractivity contribution in [3.63, 3.8) is 0 Å². The van der Waals surface area contributed by atoms with E-state index in [1.54, 1.807) is 6.08 Å². The SMILES string of the molecule is CCN(CCOc1ccccc1C1CCCCC1)c1ccc(C=C(C#N)C#N)c(C)c1. The third-order valence-corrected chi connectivity index (χ3v) is 6.12. The number of anilines is 1. The molecule has 31 heavy (non-hydrogen) atoms. The van der Waals surface area contributed by atoms with E-state index in [0.29, 0.717) is 12.5 Å². The van der Waals surface area contributed by atoms with Gasteiger partial charge in [-0.2, -0.15) is 10.5 Å². The Bertz CT molecular complexity index is 974. The molecule has 160 valence electrons. The van der Waals surface area contributed by atoms with Crippen LogP contribution < -0.4 is 9.64 Å². The summed E-state index contributed by atoms with van der Waals surface area (Å²) in [4.78, 5) is 2.29. The van der Waals surface area contributed by atoms with E-state index in [0.717, 1.165) is 35.7 Å². The van der Waals surface area contributed by atoms with Gasteiger partial charge in [-0.3, -0.25) is 0 Å². The lowest BCUT2D eigenvalue weighted by Gasteiger charge is -2.26. The molecule has 4 nitrogen and oxygen atoms in total. The summed E-state index contributed by atoms with van der Waals surface area (Å²) < 4.78 is 6.26. The highest BCUT2D eigenvalue weighted by Gasteiger charge is 2.19. The second-order valence-corrected chi connectivity index (χ2v) is 8.12. The summed E-state index contributed by atoms with van der Waals surface area (Å²) in [5, 5.41) is 18.0. The third kappa shape index (κ3) is 5.89. The minimum atomic E-state index is 0.119. The van der Waals surface area contributed by atoms with Crippen LogP contribution in [-0.4, -0.2) is 19.7 Å². The number of nitrogens with zero attached hydrogens (tertiary/aromatic N) is 3. The molecule has 0 heterocycles. The van der Waals surface area contributed by atoms with Gasteiger partial charge in [0.15, 0.2) is 0 Å². The van der Waals surface area contributed by atoms with Crippen LogP contribution >= 0.6 is 0 Å². The van der Waals surface area contributed by atoms with Gasteiger partial charge in [0.1, 0.15) is 30.1 Å². The number of allylic oxidation sites excluding steroid dienone is 1. The fourth-order valence-electron chi connectivity index (χ4n) is 4.36. The summed E-state index contributed by atoms with van der Waals surface area (Å²) in [5.41, 5.74) is 4.55. The molecule has 0 aromatic heterocycles. The number of nitriles is 2. The molecule has 0 radical (unpaired) electrons. The number of ether oxygens (including phenoxy) is 1. The first kappa shape index (κ1) is 22.4. The van der Waals surface area contributed by atoms with E-state index in [1.807, 2.05) is 31.2 Å². The summed E-state index contributed by atoms with van der Waals surface area (Å²) in [6, 6.07) is 18.5. The molecule has 2 aromatic carbocycles. The number of para-hydroxylation sites is 1. The number of hydrogen-bond acceptors (Lipinski definition) is 4. The molecule has 1 saturated carbocycles. The van der Waals surface area contributed by atoms with Crippen molar-refractivity contribution in [3.05, 3.63) is 64.7 Å². The molecule has 3 rings (SSSR count). The molecule has 0 bridgehead atoms. The van der Waals surface area contributed by atoms with Crippen molar-refractivity contribution in [3.8, 4) is 17.9 Å². The zero-order valence-corrected chi connectivity index (χ0v) is 18.6. The van der Waals surface area contributed by atoms with Crippen LogP contribution in [0, 0.1) is 29.6 Å². The highest BCUT2D eigenvalue weighted by molar-refractivity contribution is 5.66. The Hall–Kier alpha value is -3.24. The highest BCUT2D eigenvalue weighted by atomic mass is 16.5. The van der Waals surface area contributed by atoms with Crippen LogP contribution in [0.2, 0.25) is 0 Å². The molecule has 4 heteroatoms. The fraction of sp³-hybridized carbons (Fsp3) is 0.407. The molecule has 0 spiro atoms. The zero-order chi connectivity index (χ0) is 22.1. The average molecular weight is 414 g/mol. The van der Waals surface area contributed by atoms with Crippen LogP contribution in [0.1, 0.15) is 61.6 Å². The van der Waals surface area contributed by atoms with Crippen LogP contribution in [0.15, 0.2) is 48.0 Å². The van der Waals surface area contributed by atoms with Crippen LogP contribution in [0.5, 0.6) is 5.75 Å². The maximum absolute atomic E-state index is 8.99. The topological polar surface area (TPSA) is 60.0 Å². The van der Waals surface area contributed by atoms with Gasteiger partial charge in [-0.15, -0.1) is 0 Å². The van der Waals surface area contributed by atoms with Gasteiger partial charge in [-0.05, 0) is 73.6 Å². The minimum Gasteiger partial charge on any atom is -0.491 e. The largest absolute Gasteiger partial charge is 0.491 e. The molecule has 2 aromatic rings. The number of rotatable bonds is 8. The number of hydrogen-bond donors (Lipinski definition) is 0. The molecular formula is C27H31N3O. The summed E-state index contributed by atoms with van der Waals surface area (Å²) >= 11 is 0. The smallest absolute Gasteiger partial charge is 0.130 e. The third-order valence-electron chi connectivity index (χ3n) is 6.12. The predicted octanol–water partition coefficient (Wildman–Crippen LogP) is 6.38. The first-order valence-electron chi connectivity index (χ1n) is 11.3. The Labute approximate surface area is 186 Å². The summed E-state index contributed by atoms with van der Waals surface area (Å²) in [5.74, 6) is 1.66. The fourth-order valence-corrected chi connectivity index (χ4v) is 4.36. The zero-order valence-electron chi connectivity index (χ0n) is 18.6. The molecule has 0 saturated heterocycles. The standard InChI is InChI=1S/C27H31N3O/c1-3-30(25-14-13-24(21(2)17-25)18-22(19-28)20-29)15-16-31-27-12-8-7-11-26(27)23-9-5-4-6-10-23/h7-8,11-14,17-18,23H,3-6,9-10,15-16H2,1-2H3. The van der Waals surface area contributed by atoms with Crippen molar-refractivity contribution in [2.45, 2.75) is 51.9 Å². The van der Waals surface area contributed by atoms with Crippen molar-refractivity contribution in [2.75, 3.05) is 24.6 Å². The second-order valence-electron chi connectivity index (χ2n) is 8.12. The van der Waals surface area contributed by atoms with Crippen molar-refractivity contribution in [1.29, 1.82) is 10.5 Å². The van der Waals surface area contributed by atoms with Crippen LogP contribution in [0.3, 0.4) is 0 Å². The molecule has 1 fully saturated rings. The van der Waals surface area contributed by atoms with E-state index in [4.69, 9.17) is 15.3 Å². The number of aryl methyl sites for hydroxylation is 1. The first-order chi connectivity index (χ1) is 15.2. The van der Waals surface area contributed by atoms with Gasteiger partial charge in [0, 0.05) is 12.2 Å². The number of likely N-dealkylation sites (N-methyl/N-ethyl adjacent to an activating group) is 1. The molecule has 0 N–H and O–H groups in total.